The SMILES string of the molecule is CO[C@]1(C)C[C@H](O[C@H]2[C@H](C)[C@@H](O[C@@H]3O[C@H](C)C[C@H](N(C)C)[C@H]3OCC#N)[C@@](C)(OC)C[C@@H](C)C(=O)C(C)[C@@H](O)[C@@]3(O)C(C)[C@H]3OC(=O)[C@@H]2C)O[C@@H](C)[C@@H]1OC(C)=O. The van der Waals surface area contributed by atoms with Gasteiger partial charge in [0.25, 0.3) is 0 Å². The zero-order chi connectivity index (χ0) is 42.9. The number of methoxy groups -OCH3 is 2. The van der Waals surface area contributed by atoms with Crippen LogP contribution in [-0.2, 0) is 57.0 Å². The summed E-state index contributed by atoms with van der Waals surface area (Å²) in [5.41, 5.74) is -4.15. The highest BCUT2D eigenvalue weighted by molar-refractivity contribution is 5.84. The summed E-state index contributed by atoms with van der Waals surface area (Å²) in [6.07, 6.45) is -8.25. The molecule has 3 heterocycles. The number of aliphatic hydroxyl groups excluding tert-OH is 1. The van der Waals surface area contributed by atoms with E-state index in [1.165, 1.54) is 21.1 Å². The summed E-state index contributed by atoms with van der Waals surface area (Å²) in [6.45, 7) is 16.8. The van der Waals surface area contributed by atoms with Gasteiger partial charge in [-0.3, -0.25) is 14.4 Å². The molecule has 0 bridgehead atoms. The van der Waals surface area contributed by atoms with Crippen molar-refractivity contribution < 1.29 is 67.2 Å². The average Bonchev–Trinajstić information content (AvgIpc) is 3.68. The van der Waals surface area contributed by atoms with Crippen LogP contribution in [0, 0.1) is 40.9 Å². The second-order valence-corrected chi connectivity index (χ2v) is 17.6. The molecular weight excluding hydrogens is 744 g/mol. The number of likely N-dealkylation sites (N-methyl/N-ethyl adjacent to an activating group) is 1. The molecule has 3 aliphatic heterocycles. The molecule has 4 aliphatic rings. The topological polar surface area (TPSA) is 202 Å². The number of ether oxygens (including phenoxy) is 9. The maximum absolute atomic E-state index is 14.3. The van der Waals surface area contributed by atoms with Crippen LogP contribution in [-0.4, -0.2) is 152 Å². The molecule has 0 amide bonds. The van der Waals surface area contributed by atoms with Crippen LogP contribution >= 0.6 is 0 Å². The Hall–Kier alpha value is -2.30. The lowest BCUT2D eigenvalue weighted by Crippen LogP contribution is -2.61. The first-order valence-electron chi connectivity index (χ1n) is 20.2. The molecule has 16 nitrogen and oxygen atoms in total. The molecule has 4 fully saturated rings. The Morgan fingerprint density at radius 1 is 0.930 bits per heavy atom. The molecule has 1 aliphatic carbocycles. The Bertz CT molecular complexity index is 1460. The van der Waals surface area contributed by atoms with E-state index >= 15 is 0 Å². The van der Waals surface area contributed by atoms with Gasteiger partial charge in [0.2, 0.25) is 0 Å². The second-order valence-electron chi connectivity index (χ2n) is 17.6. The first-order chi connectivity index (χ1) is 26.5. The Labute approximate surface area is 338 Å². The molecule has 0 aromatic carbocycles. The standard InChI is InChI=1S/C41H68N2O14/c1-20-18-39(9,49-13)34(57-38-32(51-16-15-42)28(43(11)12)17-21(2)52-38)23(4)31(55-29-19-40(10,50-14)36(26(7)53-29)54-27(8)44)24(5)37(47)56-35-25(6)41(35,48)33(46)22(3)30(20)45/h20-26,28-29,31-36,38,46,48H,16-19H2,1-14H3/t20-,21-,22?,23+,24-,25?,26+,28+,29+,31+,32-,33-,34-,35-,36+,38+,39+,40-,41+/m1/s1. The minimum absolute atomic E-state index is 0.100. The quantitative estimate of drug-likeness (QED) is 0.305. The average molecular weight is 813 g/mol. The summed E-state index contributed by atoms with van der Waals surface area (Å²) in [5, 5.41) is 32.6. The zero-order valence-corrected chi connectivity index (χ0v) is 36.3. The minimum Gasteiger partial charge on any atom is -0.458 e. The summed E-state index contributed by atoms with van der Waals surface area (Å²) in [6, 6.07) is 1.85. The van der Waals surface area contributed by atoms with Crippen LogP contribution in [0.2, 0.25) is 0 Å². The van der Waals surface area contributed by atoms with Crippen molar-refractivity contribution in [3.8, 4) is 6.07 Å². The van der Waals surface area contributed by atoms with Gasteiger partial charge in [-0.05, 0) is 61.6 Å². The van der Waals surface area contributed by atoms with E-state index in [-0.39, 0.29) is 37.4 Å². The molecule has 2 unspecified atom stereocenters. The summed E-state index contributed by atoms with van der Waals surface area (Å²) < 4.78 is 56.6. The van der Waals surface area contributed by atoms with E-state index in [2.05, 4.69) is 6.07 Å². The van der Waals surface area contributed by atoms with E-state index < -0.39 is 114 Å². The van der Waals surface area contributed by atoms with E-state index in [0.717, 1.165) is 0 Å². The van der Waals surface area contributed by atoms with Gasteiger partial charge in [-0.15, -0.1) is 0 Å². The van der Waals surface area contributed by atoms with Gasteiger partial charge in [-0.1, -0.05) is 27.7 Å². The van der Waals surface area contributed by atoms with Crippen LogP contribution < -0.4 is 0 Å². The number of fused-ring (bicyclic) bond motifs is 1. The fourth-order valence-electron chi connectivity index (χ4n) is 9.51. The van der Waals surface area contributed by atoms with Crippen molar-refractivity contribution in [2.75, 3.05) is 34.9 Å². The molecule has 1 saturated carbocycles. The largest absolute Gasteiger partial charge is 0.458 e. The number of hydrogen-bond donors (Lipinski definition) is 2. The van der Waals surface area contributed by atoms with Gasteiger partial charge in [-0.2, -0.15) is 5.26 Å². The normalized spacial score (nSPS) is 47.3. The molecular formula is C41H68N2O14. The maximum Gasteiger partial charge on any atom is 0.311 e. The smallest absolute Gasteiger partial charge is 0.311 e. The molecule has 0 spiro atoms. The van der Waals surface area contributed by atoms with Crippen molar-refractivity contribution in [1.82, 2.24) is 4.90 Å². The first-order valence-corrected chi connectivity index (χ1v) is 20.2. The van der Waals surface area contributed by atoms with Crippen LogP contribution in [0.5, 0.6) is 0 Å². The molecule has 16 heteroatoms. The number of carbonyl (C=O) groups is 3. The van der Waals surface area contributed by atoms with Gasteiger partial charge in [0.1, 0.15) is 35.8 Å². The highest BCUT2D eigenvalue weighted by Gasteiger charge is 2.70. The summed E-state index contributed by atoms with van der Waals surface area (Å²) in [7, 11) is 6.85. The van der Waals surface area contributed by atoms with E-state index in [1.54, 1.807) is 41.5 Å². The van der Waals surface area contributed by atoms with Crippen molar-refractivity contribution in [2.24, 2.45) is 29.6 Å². The van der Waals surface area contributed by atoms with E-state index in [0.29, 0.717) is 6.42 Å². The van der Waals surface area contributed by atoms with Gasteiger partial charge < -0.3 is 57.7 Å². The lowest BCUT2D eigenvalue weighted by Gasteiger charge is -2.50. The summed E-state index contributed by atoms with van der Waals surface area (Å²) in [5.74, 6) is -5.65. The van der Waals surface area contributed by atoms with Crippen LogP contribution in [0.3, 0.4) is 0 Å². The molecule has 4 rings (SSSR count). The number of rotatable bonds is 10. The minimum atomic E-state index is -1.84. The highest BCUT2D eigenvalue weighted by atomic mass is 16.7. The van der Waals surface area contributed by atoms with E-state index in [1.807, 2.05) is 39.8 Å². The fourth-order valence-corrected chi connectivity index (χ4v) is 9.51. The predicted octanol–water partition coefficient (Wildman–Crippen LogP) is 2.78. The maximum atomic E-state index is 14.3. The molecule has 57 heavy (non-hydrogen) atoms. The van der Waals surface area contributed by atoms with E-state index in [9.17, 15) is 29.9 Å². The highest BCUT2D eigenvalue weighted by Crippen LogP contribution is 2.52. The number of nitrogens with zero attached hydrogens (tertiary/aromatic N) is 2. The molecule has 2 N–H and O–H groups in total. The van der Waals surface area contributed by atoms with Crippen molar-refractivity contribution in [3.63, 3.8) is 0 Å². The van der Waals surface area contributed by atoms with Crippen LogP contribution in [0.25, 0.3) is 0 Å². The Morgan fingerprint density at radius 2 is 1.54 bits per heavy atom. The molecule has 3 saturated heterocycles. The molecule has 326 valence electrons. The first kappa shape index (κ1) is 47.4. The summed E-state index contributed by atoms with van der Waals surface area (Å²) >= 11 is 0. The summed E-state index contributed by atoms with van der Waals surface area (Å²) in [4.78, 5) is 42.4. The third-order valence-electron chi connectivity index (χ3n) is 13.2. The molecule has 0 aromatic rings. The van der Waals surface area contributed by atoms with Crippen LogP contribution in [0.15, 0.2) is 0 Å². The van der Waals surface area contributed by atoms with Gasteiger partial charge in [0, 0.05) is 57.3 Å². The Morgan fingerprint density at radius 3 is 2.11 bits per heavy atom. The van der Waals surface area contributed by atoms with Gasteiger partial charge in [0.05, 0.1) is 48.1 Å². The molecule has 19 atom stereocenters. The van der Waals surface area contributed by atoms with Crippen molar-refractivity contribution in [3.05, 3.63) is 0 Å². The lowest BCUT2D eigenvalue weighted by atomic mass is 9.75. The Balaban J connectivity index is 1.86. The van der Waals surface area contributed by atoms with Crippen LogP contribution in [0.1, 0.15) is 88.5 Å². The van der Waals surface area contributed by atoms with Crippen molar-refractivity contribution in [1.29, 1.82) is 5.26 Å². The number of nitriles is 1. The number of hydrogen-bond acceptors (Lipinski definition) is 16. The second kappa shape index (κ2) is 18.5. The third kappa shape index (κ3) is 9.69. The Kier molecular flexibility index (Phi) is 15.4. The number of carbonyl (C=O) groups excluding carboxylic acids is 3. The number of Topliss-reactive ketones (excluding diaryl/α,β-unsaturated/α-hetero) is 1. The molecule has 0 radical (unpaired) electrons. The van der Waals surface area contributed by atoms with Gasteiger partial charge in [-0.25, -0.2) is 0 Å². The van der Waals surface area contributed by atoms with Gasteiger partial charge in [0.15, 0.2) is 18.7 Å². The lowest BCUT2D eigenvalue weighted by molar-refractivity contribution is -0.322. The number of ketones is 1. The number of esters is 2. The van der Waals surface area contributed by atoms with Crippen molar-refractivity contribution in [2.45, 2.75) is 173 Å². The zero-order valence-electron chi connectivity index (χ0n) is 36.3. The third-order valence-corrected chi connectivity index (χ3v) is 13.2. The fraction of sp³-hybridized carbons (Fsp3) is 0.902. The van der Waals surface area contributed by atoms with E-state index in [4.69, 9.17) is 42.6 Å². The molecule has 0 aromatic heterocycles. The number of aliphatic hydroxyl groups is 2. The predicted molar refractivity (Wildman–Crippen MR) is 203 cm³/mol. The van der Waals surface area contributed by atoms with Crippen molar-refractivity contribution >= 4 is 17.7 Å². The van der Waals surface area contributed by atoms with Gasteiger partial charge >= 0.3 is 11.9 Å². The monoisotopic (exact) mass is 812 g/mol. The van der Waals surface area contributed by atoms with Crippen LogP contribution in [0.4, 0.5) is 0 Å².